The van der Waals surface area contributed by atoms with Crippen LogP contribution in [0.25, 0.3) is 0 Å². The van der Waals surface area contributed by atoms with Crippen LogP contribution in [-0.4, -0.2) is 67.6 Å². The number of amides is 3. The molecule has 9 nitrogen and oxygen atoms in total. The normalized spacial score (nSPS) is 19.9. The Bertz CT molecular complexity index is 891. The maximum Gasteiger partial charge on any atom is 0.387 e. The van der Waals surface area contributed by atoms with Crippen LogP contribution >= 0.6 is 0 Å². The minimum absolute atomic E-state index is 0.145. The molecule has 1 heterocycles. The number of carbonyl (C=O) groups excluding carboxylic acids is 3. The summed E-state index contributed by atoms with van der Waals surface area (Å²) >= 11 is 0. The number of anilines is 2. The van der Waals surface area contributed by atoms with Gasteiger partial charge in [-0.3, -0.25) is 19.3 Å². The highest BCUT2D eigenvalue weighted by atomic mass is 19.3. The molecule has 3 fully saturated rings. The van der Waals surface area contributed by atoms with E-state index < -0.39 is 24.5 Å². The third kappa shape index (κ3) is 5.33. The van der Waals surface area contributed by atoms with Gasteiger partial charge in [-0.05, 0) is 43.7 Å². The number of primary amides is 1. The maximum atomic E-state index is 13.0. The topological polar surface area (TPSA) is 114 Å². The number of morpholine rings is 1. The number of halogens is 2. The maximum absolute atomic E-state index is 13.0. The number of benzene rings is 1. The summed E-state index contributed by atoms with van der Waals surface area (Å²) in [6.07, 6.45) is 3.93. The zero-order valence-electron chi connectivity index (χ0n) is 17.5. The molecule has 1 aromatic carbocycles. The van der Waals surface area contributed by atoms with Gasteiger partial charge in [-0.2, -0.15) is 8.78 Å². The standard InChI is InChI=1S/C21H26F2N4O5/c22-21(23)32-16-9-13(3-6-15(16)26-7-8-31-11-17(26)28)25-20(30)18(19(24)29)27(14-4-5-14)10-12-1-2-12/h3,6,9,12,14,18,21H,1-2,4-5,7-8,10-11H2,(H2,24,29)(H,25,30)/t18-/m1/s1. The Hall–Kier alpha value is -2.79. The van der Waals surface area contributed by atoms with Crippen LogP contribution in [0, 0.1) is 5.92 Å². The minimum Gasteiger partial charge on any atom is -0.433 e. The van der Waals surface area contributed by atoms with E-state index in [0.29, 0.717) is 12.5 Å². The molecule has 1 saturated heterocycles. The van der Waals surface area contributed by atoms with E-state index in [9.17, 15) is 23.2 Å². The van der Waals surface area contributed by atoms with Crippen LogP contribution in [-0.2, 0) is 19.1 Å². The smallest absolute Gasteiger partial charge is 0.387 e. The average Bonchev–Trinajstić information content (AvgIpc) is 3.62. The van der Waals surface area contributed by atoms with Gasteiger partial charge in [-0.1, -0.05) is 0 Å². The Kier molecular flexibility index (Phi) is 6.56. The van der Waals surface area contributed by atoms with Crippen LogP contribution in [0.4, 0.5) is 20.2 Å². The van der Waals surface area contributed by atoms with Crippen molar-refractivity contribution >= 4 is 29.1 Å². The van der Waals surface area contributed by atoms with Crippen LogP contribution in [0.5, 0.6) is 5.75 Å². The number of nitrogens with one attached hydrogen (secondary N) is 1. The summed E-state index contributed by atoms with van der Waals surface area (Å²) in [7, 11) is 0. The Morgan fingerprint density at radius 3 is 2.62 bits per heavy atom. The van der Waals surface area contributed by atoms with Crippen molar-refractivity contribution in [3.05, 3.63) is 18.2 Å². The van der Waals surface area contributed by atoms with E-state index >= 15 is 0 Å². The molecular formula is C21H26F2N4O5. The van der Waals surface area contributed by atoms with Gasteiger partial charge < -0.3 is 25.4 Å². The second-order valence-corrected chi connectivity index (χ2v) is 8.32. The Balaban J connectivity index is 1.54. The molecule has 1 aliphatic heterocycles. The van der Waals surface area contributed by atoms with Crippen LogP contribution < -0.4 is 20.7 Å². The Labute approximate surface area is 183 Å². The number of carbonyl (C=O) groups is 3. The summed E-state index contributed by atoms with van der Waals surface area (Å²) in [5.41, 5.74) is 5.87. The summed E-state index contributed by atoms with van der Waals surface area (Å²) in [6.45, 7) is -2.21. The fourth-order valence-corrected chi connectivity index (χ4v) is 3.90. The van der Waals surface area contributed by atoms with Crippen molar-refractivity contribution in [2.45, 2.75) is 44.4 Å². The van der Waals surface area contributed by atoms with Gasteiger partial charge in [0.2, 0.25) is 5.91 Å². The van der Waals surface area contributed by atoms with Crippen LogP contribution in [0.15, 0.2) is 18.2 Å². The van der Waals surface area contributed by atoms with Crippen molar-refractivity contribution in [1.82, 2.24) is 4.90 Å². The van der Waals surface area contributed by atoms with Gasteiger partial charge in [0.15, 0.2) is 11.8 Å². The molecule has 0 radical (unpaired) electrons. The fourth-order valence-electron chi connectivity index (χ4n) is 3.90. The number of ether oxygens (including phenoxy) is 2. The van der Waals surface area contributed by atoms with Gasteiger partial charge in [-0.25, -0.2) is 0 Å². The highest BCUT2D eigenvalue weighted by molar-refractivity contribution is 6.10. The first-order valence-electron chi connectivity index (χ1n) is 10.7. The van der Waals surface area contributed by atoms with Crippen molar-refractivity contribution in [2.24, 2.45) is 11.7 Å². The largest absolute Gasteiger partial charge is 0.433 e. The zero-order valence-corrected chi connectivity index (χ0v) is 17.5. The summed E-state index contributed by atoms with van der Waals surface area (Å²) in [6, 6.07) is 3.09. The molecule has 4 rings (SSSR count). The third-order valence-corrected chi connectivity index (χ3v) is 5.75. The monoisotopic (exact) mass is 452 g/mol. The van der Waals surface area contributed by atoms with Crippen molar-refractivity contribution in [2.75, 3.05) is 36.5 Å². The molecule has 2 saturated carbocycles. The van der Waals surface area contributed by atoms with Gasteiger partial charge in [0.05, 0.1) is 12.3 Å². The predicted octanol–water partition coefficient (Wildman–Crippen LogP) is 1.32. The lowest BCUT2D eigenvalue weighted by atomic mass is 10.1. The van der Waals surface area contributed by atoms with Gasteiger partial charge in [0.1, 0.15) is 6.61 Å². The highest BCUT2D eigenvalue weighted by Crippen LogP contribution is 2.37. The minimum atomic E-state index is -3.13. The number of rotatable bonds is 10. The van der Waals surface area contributed by atoms with Gasteiger partial charge >= 0.3 is 6.61 Å². The lowest BCUT2D eigenvalue weighted by Crippen LogP contribution is -2.53. The van der Waals surface area contributed by atoms with E-state index in [1.165, 1.54) is 23.1 Å². The molecule has 0 bridgehead atoms. The lowest BCUT2D eigenvalue weighted by molar-refractivity contribution is -0.133. The van der Waals surface area contributed by atoms with Crippen molar-refractivity contribution in [1.29, 1.82) is 0 Å². The molecule has 11 heteroatoms. The van der Waals surface area contributed by atoms with Gasteiger partial charge in [0, 0.05) is 30.9 Å². The summed E-state index contributed by atoms with van der Waals surface area (Å²) in [4.78, 5) is 40.4. The molecule has 1 atom stereocenters. The molecule has 3 amide bonds. The zero-order chi connectivity index (χ0) is 22.8. The molecule has 2 aliphatic carbocycles. The molecule has 174 valence electrons. The number of alkyl halides is 2. The third-order valence-electron chi connectivity index (χ3n) is 5.75. The number of nitrogens with two attached hydrogens (primary N) is 1. The van der Waals surface area contributed by atoms with E-state index in [2.05, 4.69) is 10.1 Å². The first-order chi connectivity index (χ1) is 15.3. The second kappa shape index (κ2) is 9.37. The Morgan fingerprint density at radius 1 is 1.28 bits per heavy atom. The van der Waals surface area contributed by atoms with Crippen LogP contribution in [0.1, 0.15) is 25.7 Å². The number of hydrogen-bond acceptors (Lipinski definition) is 6. The van der Waals surface area contributed by atoms with Crippen molar-refractivity contribution in [3.8, 4) is 5.75 Å². The van der Waals surface area contributed by atoms with Gasteiger partial charge in [0.25, 0.3) is 11.8 Å². The first kappa shape index (κ1) is 22.4. The molecule has 1 aromatic rings. The Morgan fingerprint density at radius 2 is 2.03 bits per heavy atom. The highest BCUT2D eigenvalue weighted by Gasteiger charge is 2.42. The molecule has 3 aliphatic rings. The van der Waals surface area contributed by atoms with E-state index in [1.54, 1.807) is 0 Å². The number of nitrogens with zero attached hydrogens (tertiary/aromatic N) is 2. The van der Waals surface area contributed by atoms with Crippen molar-refractivity contribution < 1.29 is 32.6 Å². The number of hydrogen-bond donors (Lipinski definition) is 2. The SMILES string of the molecule is NC(=O)[C@H](C(=O)Nc1ccc(N2CCOCC2=O)c(OC(F)F)c1)N(CC1CC1)C1CC1. The second-order valence-electron chi connectivity index (χ2n) is 8.32. The van der Waals surface area contributed by atoms with Crippen LogP contribution in [0.3, 0.4) is 0 Å². The first-order valence-corrected chi connectivity index (χ1v) is 10.7. The molecule has 0 unspecified atom stereocenters. The molecule has 0 aromatic heterocycles. The quantitative estimate of drug-likeness (QED) is 0.518. The van der Waals surface area contributed by atoms with E-state index in [4.69, 9.17) is 10.5 Å². The summed E-state index contributed by atoms with van der Waals surface area (Å²) in [5, 5.41) is 2.60. The fraction of sp³-hybridized carbons (Fsp3) is 0.571. The van der Waals surface area contributed by atoms with Gasteiger partial charge in [-0.15, -0.1) is 0 Å². The molecule has 32 heavy (non-hydrogen) atoms. The molecule has 0 spiro atoms. The molecular weight excluding hydrogens is 426 g/mol. The predicted molar refractivity (Wildman–Crippen MR) is 110 cm³/mol. The average molecular weight is 452 g/mol. The van der Waals surface area contributed by atoms with E-state index in [-0.39, 0.29) is 48.8 Å². The molecule has 3 N–H and O–H groups in total. The van der Waals surface area contributed by atoms with Crippen LogP contribution in [0.2, 0.25) is 0 Å². The summed E-state index contributed by atoms with van der Waals surface area (Å²) in [5.74, 6) is -1.57. The lowest BCUT2D eigenvalue weighted by Gasteiger charge is -2.29. The van der Waals surface area contributed by atoms with E-state index in [1.807, 2.05) is 4.90 Å². The van der Waals surface area contributed by atoms with Crippen molar-refractivity contribution in [3.63, 3.8) is 0 Å². The summed E-state index contributed by atoms with van der Waals surface area (Å²) < 4.78 is 35.7. The van der Waals surface area contributed by atoms with E-state index in [0.717, 1.165) is 25.7 Å².